The number of halogens is 1. The van der Waals surface area contributed by atoms with Crippen LogP contribution in [0.5, 0.6) is 11.5 Å². The van der Waals surface area contributed by atoms with Gasteiger partial charge in [0.25, 0.3) is 5.91 Å². The van der Waals surface area contributed by atoms with E-state index in [2.05, 4.69) is 34.8 Å². The van der Waals surface area contributed by atoms with Crippen LogP contribution < -0.4 is 14.8 Å². The van der Waals surface area contributed by atoms with Gasteiger partial charge in [0, 0.05) is 11.7 Å². The van der Waals surface area contributed by atoms with Gasteiger partial charge < -0.3 is 24.8 Å². The van der Waals surface area contributed by atoms with Crippen LogP contribution in [0, 0.1) is 9.49 Å². The minimum Gasteiger partial charge on any atom is -0.490 e. The molecule has 1 saturated carbocycles. The highest BCUT2D eigenvalue weighted by Gasteiger charge is 2.42. The lowest BCUT2D eigenvalue weighted by Gasteiger charge is -2.39. The molecule has 192 valence electrons. The number of ether oxygens (including phenoxy) is 2. The van der Waals surface area contributed by atoms with Crippen molar-refractivity contribution in [1.29, 1.82) is 0 Å². The van der Waals surface area contributed by atoms with E-state index in [-0.39, 0.29) is 17.4 Å². The van der Waals surface area contributed by atoms with Crippen LogP contribution in [0.2, 0.25) is 0 Å². The number of anilines is 1. The SMILES string of the molecule is CCOc1cc(/C=C2\SC(Nc3ccccc3)N([C@@H]3CCCC[C@H]3C)C2=O)cc(I)c1OCC(=O)O. The molecule has 2 fully saturated rings. The molecule has 2 N–H and O–H groups in total. The number of para-hydroxylation sites is 1. The molecule has 0 bridgehead atoms. The van der Waals surface area contributed by atoms with Gasteiger partial charge in [0.1, 0.15) is 0 Å². The Morgan fingerprint density at radius 3 is 2.67 bits per heavy atom. The predicted octanol–water partition coefficient (Wildman–Crippen LogP) is 6.04. The maximum absolute atomic E-state index is 13.8. The summed E-state index contributed by atoms with van der Waals surface area (Å²) in [7, 11) is 0. The molecule has 0 radical (unpaired) electrons. The fraction of sp³-hybridized carbons (Fsp3) is 0.407. The van der Waals surface area contributed by atoms with Crippen LogP contribution in [0.25, 0.3) is 6.08 Å². The molecule has 3 atom stereocenters. The molecule has 7 nitrogen and oxygen atoms in total. The van der Waals surface area contributed by atoms with Crippen LogP contribution in [0.3, 0.4) is 0 Å². The monoisotopic (exact) mass is 622 g/mol. The number of carbonyl (C=O) groups excluding carboxylic acids is 1. The molecule has 1 unspecified atom stereocenters. The highest BCUT2D eigenvalue weighted by molar-refractivity contribution is 14.1. The summed E-state index contributed by atoms with van der Waals surface area (Å²) in [6.07, 6.45) is 6.38. The molecule has 1 heterocycles. The van der Waals surface area contributed by atoms with E-state index in [1.807, 2.05) is 54.3 Å². The average molecular weight is 623 g/mol. The van der Waals surface area contributed by atoms with Gasteiger partial charge in [-0.3, -0.25) is 4.79 Å². The van der Waals surface area contributed by atoms with Crippen LogP contribution in [0.1, 0.15) is 45.1 Å². The van der Waals surface area contributed by atoms with Crippen molar-refractivity contribution in [1.82, 2.24) is 4.90 Å². The highest BCUT2D eigenvalue weighted by Crippen LogP contribution is 2.43. The largest absolute Gasteiger partial charge is 0.490 e. The summed E-state index contributed by atoms with van der Waals surface area (Å²) in [4.78, 5) is 27.5. The maximum atomic E-state index is 13.8. The Balaban J connectivity index is 1.66. The van der Waals surface area contributed by atoms with Crippen LogP contribution in [0.15, 0.2) is 47.4 Å². The van der Waals surface area contributed by atoms with Crippen LogP contribution in [-0.2, 0) is 9.59 Å². The molecule has 0 aromatic heterocycles. The van der Waals surface area contributed by atoms with Gasteiger partial charge in [-0.2, -0.15) is 0 Å². The van der Waals surface area contributed by atoms with Gasteiger partial charge in [-0.05, 0) is 84.2 Å². The maximum Gasteiger partial charge on any atom is 0.341 e. The zero-order chi connectivity index (χ0) is 25.7. The van der Waals surface area contributed by atoms with Gasteiger partial charge in [-0.15, -0.1) is 0 Å². The topological polar surface area (TPSA) is 88.1 Å². The summed E-state index contributed by atoms with van der Waals surface area (Å²) >= 11 is 3.64. The average Bonchev–Trinajstić information content (AvgIpc) is 3.13. The normalized spacial score (nSPS) is 23.1. The molecule has 9 heteroatoms. The van der Waals surface area contributed by atoms with E-state index in [1.54, 1.807) is 6.07 Å². The number of amides is 1. The molecule has 1 aliphatic heterocycles. The molecule has 1 saturated heterocycles. The van der Waals surface area contributed by atoms with Gasteiger partial charge >= 0.3 is 5.97 Å². The Morgan fingerprint density at radius 1 is 1.22 bits per heavy atom. The third kappa shape index (κ3) is 6.29. The van der Waals surface area contributed by atoms with E-state index in [1.165, 1.54) is 18.2 Å². The molecule has 1 aliphatic carbocycles. The minimum absolute atomic E-state index is 0.0337. The first-order chi connectivity index (χ1) is 17.4. The van der Waals surface area contributed by atoms with Crippen molar-refractivity contribution in [3.05, 3.63) is 56.5 Å². The van der Waals surface area contributed by atoms with Crippen molar-refractivity contribution < 1.29 is 24.2 Å². The second-order valence-electron chi connectivity index (χ2n) is 8.98. The first kappa shape index (κ1) is 26.7. The molecule has 0 spiro atoms. The number of hydrogen-bond acceptors (Lipinski definition) is 6. The summed E-state index contributed by atoms with van der Waals surface area (Å²) in [5.41, 5.74) is 1.59. The molecule has 4 rings (SSSR count). The zero-order valence-electron chi connectivity index (χ0n) is 20.4. The van der Waals surface area contributed by atoms with Gasteiger partial charge in [0.05, 0.1) is 15.1 Å². The van der Waals surface area contributed by atoms with Crippen molar-refractivity contribution in [2.75, 3.05) is 18.5 Å². The molecule has 2 aliphatic rings. The van der Waals surface area contributed by atoms with Gasteiger partial charge in [-0.25, -0.2) is 4.79 Å². The van der Waals surface area contributed by atoms with Gasteiger partial charge in [0.2, 0.25) is 0 Å². The van der Waals surface area contributed by atoms with Crippen molar-refractivity contribution in [3.8, 4) is 11.5 Å². The number of carboxylic acids is 1. The third-order valence-electron chi connectivity index (χ3n) is 6.39. The van der Waals surface area contributed by atoms with E-state index >= 15 is 0 Å². The Kier molecular flexibility index (Phi) is 9.05. The number of hydrogen-bond donors (Lipinski definition) is 2. The minimum atomic E-state index is -1.05. The number of nitrogens with one attached hydrogen (secondary N) is 1. The zero-order valence-corrected chi connectivity index (χ0v) is 23.4. The molecule has 1 amide bonds. The van der Waals surface area contributed by atoms with E-state index in [4.69, 9.17) is 14.6 Å². The van der Waals surface area contributed by atoms with Crippen LogP contribution in [-0.4, -0.2) is 46.6 Å². The van der Waals surface area contributed by atoms with Crippen LogP contribution in [0.4, 0.5) is 5.69 Å². The third-order valence-corrected chi connectivity index (χ3v) is 8.31. The molecule has 2 aromatic rings. The number of rotatable bonds is 9. The number of benzene rings is 2. The highest BCUT2D eigenvalue weighted by atomic mass is 127. The first-order valence-electron chi connectivity index (χ1n) is 12.2. The molecule has 36 heavy (non-hydrogen) atoms. The van der Waals surface area contributed by atoms with Crippen molar-refractivity contribution in [3.63, 3.8) is 0 Å². The lowest BCUT2D eigenvalue weighted by molar-refractivity contribution is -0.139. The standard InChI is InChI=1S/C27H31IN2O5S/c1-3-34-22-14-18(13-20(28)25(22)35-16-24(31)32)15-23-26(33)30(21-12-8-7-9-17(21)2)27(36-23)29-19-10-5-4-6-11-19/h4-6,10-11,13-15,17,21,27,29H,3,7-9,12,16H2,1-2H3,(H,31,32)/b23-15-/t17-,21-,27?/m1/s1. The van der Waals surface area contributed by atoms with Crippen molar-refractivity contribution >= 4 is 58.0 Å². The van der Waals surface area contributed by atoms with Gasteiger partial charge in [0.15, 0.2) is 23.6 Å². The second kappa shape index (κ2) is 12.2. The summed E-state index contributed by atoms with van der Waals surface area (Å²) in [5.74, 6) is 0.282. The Labute approximate surface area is 229 Å². The fourth-order valence-corrected chi connectivity index (χ4v) is 6.72. The quantitative estimate of drug-likeness (QED) is 0.260. The predicted molar refractivity (Wildman–Crippen MR) is 151 cm³/mol. The van der Waals surface area contributed by atoms with E-state index in [9.17, 15) is 9.59 Å². The summed E-state index contributed by atoms with van der Waals surface area (Å²) in [5, 5.41) is 12.6. The number of carboxylic acid groups (broad SMARTS) is 1. The number of aliphatic carboxylic acids is 1. The van der Waals surface area contributed by atoms with Gasteiger partial charge in [-0.1, -0.05) is 49.7 Å². The lowest BCUT2D eigenvalue weighted by atomic mass is 9.85. The van der Waals surface area contributed by atoms with Crippen molar-refractivity contribution in [2.45, 2.75) is 51.1 Å². The Hall–Kier alpha value is -2.40. The smallest absolute Gasteiger partial charge is 0.341 e. The second-order valence-corrected chi connectivity index (χ2v) is 11.3. The molecular weight excluding hydrogens is 591 g/mol. The Morgan fingerprint density at radius 2 is 1.97 bits per heavy atom. The van der Waals surface area contributed by atoms with E-state index in [0.717, 1.165) is 34.1 Å². The molecular formula is C27H31IN2O5S. The first-order valence-corrected chi connectivity index (χ1v) is 14.2. The summed E-state index contributed by atoms with van der Waals surface area (Å²) in [6.45, 7) is 4.06. The number of thioether (sulfide) groups is 1. The summed E-state index contributed by atoms with van der Waals surface area (Å²) in [6, 6.07) is 13.9. The van der Waals surface area contributed by atoms with E-state index < -0.39 is 12.6 Å². The number of carbonyl (C=O) groups is 2. The van der Waals surface area contributed by atoms with Crippen LogP contribution >= 0.6 is 34.4 Å². The van der Waals surface area contributed by atoms with E-state index in [0.29, 0.717) is 28.9 Å². The lowest BCUT2D eigenvalue weighted by Crippen LogP contribution is -2.48. The summed E-state index contributed by atoms with van der Waals surface area (Å²) < 4.78 is 11.9. The van der Waals surface area contributed by atoms with Crippen molar-refractivity contribution in [2.24, 2.45) is 5.92 Å². The molecule has 2 aromatic carbocycles. The Bertz CT molecular complexity index is 1130. The fourth-order valence-electron chi connectivity index (χ4n) is 4.73. The number of nitrogens with zero attached hydrogens (tertiary/aromatic N) is 1.